The Morgan fingerprint density at radius 1 is 0.800 bits per heavy atom. The predicted molar refractivity (Wildman–Crippen MR) is 112 cm³/mol. The van der Waals surface area contributed by atoms with Crippen molar-refractivity contribution in [1.29, 1.82) is 0 Å². The van der Waals surface area contributed by atoms with Crippen molar-refractivity contribution >= 4 is 17.5 Å². The van der Waals surface area contributed by atoms with E-state index in [4.69, 9.17) is 9.47 Å². The molecule has 0 spiro atoms. The van der Waals surface area contributed by atoms with Crippen LogP contribution in [0, 0.1) is 0 Å². The number of carbonyl (C=O) groups is 3. The zero-order valence-corrected chi connectivity index (χ0v) is 16.5. The Balaban J connectivity index is 1.34. The molecule has 0 saturated carbocycles. The number of ether oxygens (including phenoxy) is 2. The van der Waals surface area contributed by atoms with Gasteiger partial charge in [-0.3, -0.25) is 9.59 Å². The van der Waals surface area contributed by atoms with E-state index in [9.17, 15) is 14.4 Å². The van der Waals surface area contributed by atoms with Gasteiger partial charge in [0.05, 0.1) is 0 Å². The maximum Gasteiger partial charge on any atom is 0.344 e. The average molecular weight is 400 g/mol. The van der Waals surface area contributed by atoms with Crippen LogP contribution < -0.4 is 4.74 Å². The summed E-state index contributed by atoms with van der Waals surface area (Å²) in [6, 6.07) is 20.3. The lowest BCUT2D eigenvalue weighted by atomic mass is 10.0. The number of esters is 1. The Morgan fingerprint density at radius 3 is 2.43 bits per heavy atom. The molecule has 0 heterocycles. The molecule has 0 bridgehead atoms. The van der Waals surface area contributed by atoms with E-state index in [1.165, 1.54) is 18.1 Å². The van der Waals surface area contributed by atoms with Crippen molar-refractivity contribution < 1.29 is 23.9 Å². The zero-order valence-electron chi connectivity index (χ0n) is 16.5. The molecule has 0 radical (unpaired) electrons. The van der Waals surface area contributed by atoms with E-state index in [1.807, 2.05) is 30.3 Å². The van der Waals surface area contributed by atoms with E-state index in [-0.39, 0.29) is 24.8 Å². The first-order valence-electron chi connectivity index (χ1n) is 9.65. The first-order valence-corrected chi connectivity index (χ1v) is 9.65. The highest BCUT2D eigenvalue weighted by Crippen LogP contribution is 2.36. The molecule has 0 aliphatic heterocycles. The lowest BCUT2D eigenvalue weighted by molar-refractivity contribution is -0.144. The van der Waals surface area contributed by atoms with Gasteiger partial charge in [-0.1, -0.05) is 48.5 Å². The fourth-order valence-electron chi connectivity index (χ4n) is 3.52. The van der Waals surface area contributed by atoms with E-state index in [2.05, 4.69) is 6.07 Å². The third-order valence-electron chi connectivity index (χ3n) is 5.08. The molecule has 0 aromatic heterocycles. The number of Topliss-reactive ketones (excluding diaryl/α,β-unsaturated/α-hetero) is 2. The molecule has 0 N–H and O–H groups in total. The molecule has 0 fully saturated rings. The molecule has 30 heavy (non-hydrogen) atoms. The molecule has 0 saturated heterocycles. The summed E-state index contributed by atoms with van der Waals surface area (Å²) in [5.41, 5.74) is 5.62. The molecular weight excluding hydrogens is 380 g/mol. The highest BCUT2D eigenvalue weighted by molar-refractivity contribution is 5.99. The van der Waals surface area contributed by atoms with Crippen LogP contribution in [-0.4, -0.2) is 30.7 Å². The quantitative estimate of drug-likeness (QED) is 0.342. The molecule has 5 nitrogen and oxygen atoms in total. The van der Waals surface area contributed by atoms with Gasteiger partial charge in [-0.15, -0.1) is 0 Å². The summed E-state index contributed by atoms with van der Waals surface area (Å²) in [5.74, 6) is -0.619. The summed E-state index contributed by atoms with van der Waals surface area (Å²) in [4.78, 5) is 35.9. The van der Waals surface area contributed by atoms with E-state index in [0.717, 1.165) is 17.5 Å². The van der Waals surface area contributed by atoms with Crippen LogP contribution in [-0.2, 0) is 16.0 Å². The molecule has 4 rings (SSSR count). The molecule has 150 valence electrons. The minimum atomic E-state index is -0.650. The van der Waals surface area contributed by atoms with Gasteiger partial charge < -0.3 is 9.47 Å². The minimum Gasteiger partial charge on any atom is -0.482 e. The smallest absolute Gasteiger partial charge is 0.344 e. The summed E-state index contributed by atoms with van der Waals surface area (Å²) in [6.07, 6.45) is 0.858. The largest absolute Gasteiger partial charge is 0.482 e. The third kappa shape index (κ3) is 4.15. The molecule has 1 aliphatic rings. The Kier molecular flexibility index (Phi) is 5.44. The first kappa shape index (κ1) is 19.6. The Hall–Kier alpha value is -3.73. The van der Waals surface area contributed by atoms with Crippen molar-refractivity contribution in [2.24, 2.45) is 0 Å². The molecule has 5 heteroatoms. The topological polar surface area (TPSA) is 69.7 Å². The molecule has 3 aromatic carbocycles. The fourth-order valence-corrected chi connectivity index (χ4v) is 3.52. The van der Waals surface area contributed by atoms with E-state index >= 15 is 0 Å². The third-order valence-corrected chi connectivity index (χ3v) is 5.08. The lowest BCUT2D eigenvalue weighted by Crippen LogP contribution is -2.19. The van der Waals surface area contributed by atoms with Crippen molar-refractivity contribution in [1.82, 2.24) is 0 Å². The summed E-state index contributed by atoms with van der Waals surface area (Å²) in [5, 5.41) is 0. The van der Waals surface area contributed by atoms with Crippen LogP contribution in [0.25, 0.3) is 11.1 Å². The van der Waals surface area contributed by atoms with Crippen molar-refractivity contribution in [3.8, 4) is 16.9 Å². The van der Waals surface area contributed by atoms with Crippen LogP contribution in [0.4, 0.5) is 0 Å². The van der Waals surface area contributed by atoms with Gasteiger partial charge in [0.15, 0.2) is 24.8 Å². The highest BCUT2D eigenvalue weighted by atomic mass is 16.6. The summed E-state index contributed by atoms with van der Waals surface area (Å²) >= 11 is 0. The fraction of sp³-hybridized carbons (Fsp3) is 0.160. The maximum atomic E-state index is 12.5. The van der Waals surface area contributed by atoms with Crippen molar-refractivity contribution in [3.63, 3.8) is 0 Å². The Morgan fingerprint density at radius 2 is 1.60 bits per heavy atom. The van der Waals surface area contributed by atoms with Gasteiger partial charge >= 0.3 is 5.97 Å². The predicted octanol–water partition coefficient (Wildman–Crippen LogP) is 4.27. The standard InChI is InChI=1S/C25H20O5/c1-16(26)17-6-4-7-21(12-17)29-15-25(28)30-14-24(27)20-10-9-19-11-18-5-2-3-8-22(18)23(19)13-20/h2-10,12-13H,11,14-15H2,1H3. The number of fused-ring (bicyclic) bond motifs is 3. The van der Waals surface area contributed by atoms with Crippen molar-refractivity contribution in [3.05, 3.63) is 89.0 Å². The Bertz CT molecular complexity index is 1150. The van der Waals surface area contributed by atoms with Crippen molar-refractivity contribution in [2.75, 3.05) is 13.2 Å². The summed E-state index contributed by atoms with van der Waals surface area (Å²) in [7, 11) is 0. The molecule has 0 atom stereocenters. The second-order valence-corrected chi connectivity index (χ2v) is 7.16. The molecule has 0 amide bonds. The number of hydrogen-bond donors (Lipinski definition) is 0. The number of hydrogen-bond acceptors (Lipinski definition) is 5. The molecule has 0 unspecified atom stereocenters. The molecule has 1 aliphatic carbocycles. The van der Waals surface area contributed by atoms with Gasteiger partial charge in [0.2, 0.25) is 0 Å². The minimum absolute atomic E-state index is 0.0920. The van der Waals surface area contributed by atoms with Gasteiger partial charge in [-0.2, -0.15) is 0 Å². The number of ketones is 2. The second kappa shape index (κ2) is 8.33. The van der Waals surface area contributed by atoms with Gasteiger partial charge in [0.25, 0.3) is 0 Å². The van der Waals surface area contributed by atoms with Crippen LogP contribution >= 0.6 is 0 Å². The lowest BCUT2D eigenvalue weighted by Gasteiger charge is -2.08. The van der Waals surface area contributed by atoms with Crippen LogP contribution in [0.15, 0.2) is 66.7 Å². The van der Waals surface area contributed by atoms with E-state index in [0.29, 0.717) is 16.9 Å². The first-order chi connectivity index (χ1) is 14.5. The number of carbonyl (C=O) groups excluding carboxylic acids is 3. The van der Waals surface area contributed by atoms with Crippen molar-refractivity contribution in [2.45, 2.75) is 13.3 Å². The highest BCUT2D eigenvalue weighted by Gasteiger charge is 2.20. The normalized spacial score (nSPS) is 11.4. The molecular formula is C25H20O5. The van der Waals surface area contributed by atoms with Gasteiger partial charge in [-0.25, -0.2) is 4.79 Å². The SMILES string of the molecule is CC(=O)c1cccc(OCC(=O)OCC(=O)c2ccc3c(c2)-c2ccccc2C3)c1. The summed E-state index contributed by atoms with van der Waals surface area (Å²) in [6.45, 7) is 0.763. The monoisotopic (exact) mass is 400 g/mol. The van der Waals surface area contributed by atoms with Crippen LogP contribution in [0.1, 0.15) is 38.8 Å². The van der Waals surface area contributed by atoms with Crippen LogP contribution in [0.3, 0.4) is 0 Å². The number of rotatable bonds is 7. The number of benzene rings is 3. The zero-order chi connectivity index (χ0) is 21.1. The Labute approximate surface area is 174 Å². The van der Waals surface area contributed by atoms with Crippen LogP contribution in [0.2, 0.25) is 0 Å². The average Bonchev–Trinajstić information content (AvgIpc) is 3.14. The second-order valence-electron chi connectivity index (χ2n) is 7.16. The maximum absolute atomic E-state index is 12.5. The van der Waals surface area contributed by atoms with Gasteiger partial charge in [0.1, 0.15) is 5.75 Å². The van der Waals surface area contributed by atoms with Gasteiger partial charge in [-0.05, 0) is 53.8 Å². The molecule has 3 aromatic rings. The summed E-state index contributed by atoms with van der Waals surface area (Å²) < 4.78 is 10.4. The van der Waals surface area contributed by atoms with Crippen LogP contribution in [0.5, 0.6) is 5.75 Å². The van der Waals surface area contributed by atoms with E-state index in [1.54, 1.807) is 30.3 Å². The van der Waals surface area contributed by atoms with Gasteiger partial charge in [0, 0.05) is 11.1 Å². The van der Waals surface area contributed by atoms with E-state index < -0.39 is 5.97 Å².